The lowest BCUT2D eigenvalue weighted by Crippen LogP contribution is -2.12. The first-order chi connectivity index (χ1) is 8.74. The van der Waals surface area contributed by atoms with Crippen molar-refractivity contribution in [3.8, 4) is 5.75 Å². The lowest BCUT2D eigenvalue weighted by molar-refractivity contribution is 0.142. The van der Waals surface area contributed by atoms with Crippen molar-refractivity contribution in [2.45, 2.75) is 6.10 Å². The Morgan fingerprint density at radius 3 is 2.22 bits per heavy atom. The zero-order chi connectivity index (χ0) is 12.8. The van der Waals surface area contributed by atoms with E-state index in [4.69, 9.17) is 9.84 Å². The molecule has 0 amide bonds. The third-order valence-electron chi connectivity index (χ3n) is 2.36. The molecule has 1 radical (unpaired) electrons. The van der Waals surface area contributed by atoms with Gasteiger partial charge in [0.05, 0.1) is 6.10 Å². The Morgan fingerprint density at radius 2 is 1.61 bits per heavy atom. The second-order valence-corrected chi connectivity index (χ2v) is 3.98. The number of aliphatic hydroxyl groups is 1. The summed E-state index contributed by atoms with van der Waals surface area (Å²) < 4.78 is 5.33. The first-order valence-corrected chi connectivity index (χ1v) is 5.80. The zero-order valence-corrected chi connectivity index (χ0v) is 10.0. The number of aliphatic hydroxyl groups excluding tert-OH is 1. The fourth-order valence-electron chi connectivity index (χ4n) is 1.52. The van der Waals surface area contributed by atoms with Crippen LogP contribution in [-0.4, -0.2) is 17.8 Å². The number of anilines is 2. The first kappa shape index (κ1) is 12.5. The zero-order valence-electron chi connectivity index (χ0n) is 10.0. The van der Waals surface area contributed by atoms with Crippen molar-refractivity contribution in [2.24, 2.45) is 0 Å². The van der Waals surface area contributed by atoms with Gasteiger partial charge in [0.15, 0.2) is 0 Å². The highest BCUT2D eigenvalue weighted by Crippen LogP contribution is 2.19. The summed E-state index contributed by atoms with van der Waals surface area (Å²) in [5.41, 5.74) is 2.03. The first-order valence-electron chi connectivity index (χ1n) is 5.80. The molecule has 3 nitrogen and oxygen atoms in total. The topological polar surface area (TPSA) is 41.5 Å². The van der Waals surface area contributed by atoms with Crippen molar-refractivity contribution in [1.29, 1.82) is 0 Å². The van der Waals surface area contributed by atoms with Crippen molar-refractivity contribution in [1.82, 2.24) is 0 Å². The van der Waals surface area contributed by atoms with Crippen molar-refractivity contribution in [3.05, 3.63) is 61.5 Å². The minimum Gasteiger partial charge on any atom is -0.491 e. The third-order valence-corrected chi connectivity index (χ3v) is 2.36. The summed E-state index contributed by atoms with van der Waals surface area (Å²) in [5.74, 6) is 0.719. The minimum atomic E-state index is -0.702. The van der Waals surface area contributed by atoms with Gasteiger partial charge in [0.25, 0.3) is 0 Å². The fourth-order valence-corrected chi connectivity index (χ4v) is 1.52. The molecule has 2 aromatic carbocycles. The van der Waals surface area contributed by atoms with Crippen LogP contribution in [0.15, 0.2) is 54.6 Å². The van der Waals surface area contributed by atoms with Crippen molar-refractivity contribution >= 4 is 11.4 Å². The summed E-state index contributed by atoms with van der Waals surface area (Å²) in [7, 11) is 0. The number of para-hydroxylation sites is 1. The summed E-state index contributed by atoms with van der Waals surface area (Å²) >= 11 is 0. The molecule has 0 aliphatic carbocycles. The third kappa shape index (κ3) is 3.79. The van der Waals surface area contributed by atoms with Crippen LogP contribution in [0.2, 0.25) is 0 Å². The molecule has 0 fully saturated rings. The van der Waals surface area contributed by atoms with Gasteiger partial charge in [-0.15, -0.1) is 0 Å². The van der Waals surface area contributed by atoms with Crippen molar-refractivity contribution < 1.29 is 9.84 Å². The molecule has 2 rings (SSSR count). The van der Waals surface area contributed by atoms with Crippen molar-refractivity contribution in [3.63, 3.8) is 0 Å². The number of hydrogen-bond donors (Lipinski definition) is 2. The van der Waals surface area contributed by atoms with Gasteiger partial charge < -0.3 is 15.2 Å². The summed E-state index contributed by atoms with van der Waals surface area (Å²) in [6.45, 7) is 3.64. The van der Waals surface area contributed by atoms with E-state index in [0.29, 0.717) is 0 Å². The maximum atomic E-state index is 9.01. The van der Waals surface area contributed by atoms with E-state index in [1.54, 1.807) is 0 Å². The van der Waals surface area contributed by atoms with Crippen LogP contribution >= 0.6 is 0 Å². The highest BCUT2D eigenvalue weighted by Gasteiger charge is 1.99. The average molecular weight is 242 g/mol. The predicted molar refractivity (Wildman–Crippen MR) is 73.0 cm³/mol. The molecule has 1 unspecified atom stereocenters. The highest BCUT2D eigenvalue weighted by atomic mass is 16.5. The largest absolute Gasteiger partial charge is 0.491 e. The van der Waals surface area contributed by atoms with Crippen LogP contribution in [0.5, 0.6) is 5.75 Å². The monoisotopic (exact) mass is 242 g/mol. The average Bonchev–Trinajstić information content (AvgIpc) is 2.39. The van der Waals surface area contributed by atoms with E-state index in [1.165, 1.54) is 0 Å². The van der Waals surface area contributed by atoms with E-state index < -0.39 is 6.10 Å². The molecular weight excluding hydrogens is 226 g/mol. The van der Waals surface area contributed by atoms with Gasteiger partial charge >= 0.3 is 0 Å². The lowest BCUT2D eigenvalue weighted by Gasteiger charge is -2.10. The Labute approximate surface area is 107 Å². The molecule has 0 aliphatic heterocycles. The van der Waals surface area contributed by atoms with Gasteiger partial charge in [-0.1, -0.05) is 18.2 Å². The second-order valence-electron chi connectivity index (χ2n) is 3.98. The van der Waals surface area contributed by atoms with Crippen LogP contribution in [0.25, 0.3) is 0 Å². The van der Waals surface area contributed by atoms with Gasteiger partial charge in [-0.25, -0.2) is 0 Å². The normalized spacial score (nSPS) is 11.9. The summed E-state index contributed by atoms with van der Waals surface area (Å²) in [5, 5.41) is 12.3. The van der Waals surface area contributed by atoms with Crippen LogP contribution in [0, 0.1) is 6.92 Å². The van der Waals surface area contributed by atoms with Crippen molar-refractivity contribution in [2.75, 3.05) is 11.9 Å². The summed E-state index contributed by atoms with van der Waals surface area (Å²) in [6.07, 6.45) is -0.702. The van der Waals surface area contributed by atoms with Gasteiger partial charge in [-0.3, -0.25) is 0 Å². The molecule has 93 valence electrons. The number of benzene rings is 2. The molecule has 0 saturated carbocycles. The fraction of sp³-hybridized carbons (Fsp3) is 0.133. The van der Waals surface area contributed by atoms with Gasteiger partial charge in [0.1, 0.15) is 12.4 Å². The Bertz CT molecular complexity index is 466. The molecule has 0 aliphatic rings. The number of nitrogens with one attached hydrogen (secondary N) is 1. The Hall–Kier alpha value is -2.00. The standard InChI is InChI=1S/C15H16NO2/c1-12(17)11-18-15-9-7-14(8-10-15)16-13-5-3-2-4-6-13/h2-10,12,16-17H,1,11H2. The van der Waals surface area contributed by atoms with E-state index in [-0.39, 0.29) is 6.61 Å². The number of ether oxygens (including phenoxy) is 1. The second kappa shape index (κ2) is 6.07. The molecule has 18 heavy (non-hydrogen) atoms. The molecular formula is C15H16NO2. The molecule has 0 heterocycles. The van der Waals surface area contributed by atoms with Gasteiger partial charge in [0.2, 0.25) is 0 Å². The van der Waals surface area contributed by atoms with Crippen LogP contribution in [0.1, 0.15) is 0 Å². The molecule has 1 atom stereocenters. The van der Waals surface area contributed by atoms with Crippen LogP contribution in [-0.2, 0) is 0 Å². The Morgan fingerprint density at radius 1 is 1.00 bits per heavy atom. The van der Waals surface area contributed by atoms with Crippen LogP contribution in [0.4, 0.5) is 11.4 Å². The molecule has 3 heteroatoms. The predicted octanol–water partition coefficient (Wildman–Crippen LogP) is 3.00. The van der Waals surface area contributed by atoms with E-state index >= 15 is 0 Å². The summed E-state index contributed by atoms with van der Waals surface area (Å²) in [6, 6.07) is 17.5. The lowest BCUT2D eigenvalue weighted by atomic mass is 10.2. The van der Waals surface area contributed by atoms with Crippen LogP contribution < -0.4 is 10.1 Å². The Kier molecular flexibility index (Phi) is 4.20. The van der Waals surface area contributed by atoms with E-state index in [9.17, 15) is 0 Å². The van der Waals surface area contributed by atoms with Gasteiger partial charge in [-0.05, 0) is 43.3 Å². The SMILES string of the molecule is [CH2]C(O)COc1ccc(Nc2ccccc2)cc1. The molecule has 0 bridgehead atoms. The maximum absolute atomic E-state index is 9.01. The number of rotatable bonds is 5. The van der Waals surface area contributed by atoms with E-state index in [2.05, 4.69) is 12.2 Å². The Balaban J connectivity index is 1.95. The summed E-state index contributed by atoms with van der Waals surface area (Å²) in [4.78, 5) is 0. The van der Waals surface area contributed by atoms with Gasteiger partial charge in [-0.2, -0.15) is 0 Å². The number of hydrogen-bond acceptors (Lipinski definition) is 3. The highest BCUT2D eigenvalue weighted by molar-refractivity contribution is 5.59. The van der Waals surface area contributed by atoms with E-state index in [0.717, 1.165) is 17.1 Å². The minimum absolute atomic E-state index is 0.200. The quantitative estimate of drug-likeness (QED) is 0.846. The van der Waals surface area contributed by atoms with Gasteiger partial charge in [0, 0.05) is 11.4 Å². The maximum Gasteiger partial charge on any atom is 0.119 e. The molecule has 2 aromatic rings. The molecule has 2 N–H and O–H groups in total. The van der Waals surface area contributed by atoms with Crippen LogP contribution in [0.3, 0.4) is 0 Å². The molecule has 0 aromatic heterocycles. The smallest absolute Gasteiger partial charge is 0.119 e. The van der Waals surface area contributed by atoms with E-state index in [1.807, 2.05) is 54.6 Å². The molecule has 0 spiro atoms. The molecule has 0 saturated heterocycles.